The van der Waals surface area contributed by atoms with Gasteiger partial charge in [0.05, 0.1) is 4.83 Å². The molecule has 0 spiro atoms. The summed E-state index contributed by atoms with van der Waals surface area (Å²) in [6.45, 7) is 1.78. The summed E-state index contributed by atoms with van der Waals surface area (Å²) in [5, 5.41) is 0. The van der Waals surface area contributed by atoms with Crippen molar-refractivity contribution in [1.29, 1.82) is 0 Å². The number of hydrogen-bond acceptors (Lipinski definition) is 3. The van der Waals surface area contributed by atoms with Gasteiger partial charge in [-0.25, -0.2) is 0 Å². The van der Waals surface area contributed by atoms with E-state index < -0.39 is 0 Å². The van der Waals surface area contributed by atoms with Gasteiger partial charge in [-0.3, -0.25) is 4.79 Å². The summed E-state index contributed by atoms with van der Waals surface area (Å²) in [6, 6.07) is 5.19. The molecule has 1 aromatic carbocycles. The highest BCUT2D eigenvalue weighted by molar-refractivity contribution is 9.10. The van der Waals surface area contributed by atoms with Crippen molar-refractivity contribution in [3.05, 3.63) is 23.8 Å². The van der Waals surface area contributed by atoms with Crippen LogP contribution in [0.25, 0.3) is 0 Å². The van der Waals surface area contributed by atoms with E-state index >= 15 is 0 Å². The van der Waals surface area contributed by atoms with Crippen molar-refractivity contribution in [3.63, 3.8) is 0 Å². The molecular weight excluding hydrogens is 250 g/mol. The highest BCUT2D eigenvalue weighted by Gasteiger charge is 2.15. The van der Waals surface area contributed by atoms with Crippen molar-refractivity contribution in [3.8, 4) is 0 Å². The van der Waals surface area contributed by atoms with Crippen molar-refractivity contribution < 1.29 is 4.79 Å². The lowest BCUT2D eigenvalue weighted by molar-refractivity contribution is 0.0993. The summed E-state index contributed by atoms with van der Waals surface area (Å²) >= 11 is 7.39. The first-order valence-corrected chi connectivity index (χ1v) is 5.16. The number of ketones is 1. The lowest BCUT2D eigenvalue weighted by Crippen LogP contribution is -2.11. The van der Waals surface area contributed by atoms with Crippen molar-refractivity contribution in [2.75, 3.05) is 5.73 Å². The molecule has 0 amide bonds. The zero-order valence-electron chi connectivity index (χ0n) is 7.12. The van der Waals surface area contributed by atoms with E-state index in [0.717, 1.165) is 0 Å². The Labute approximate surface area is 91.1 Å². The number of nitrogen functional groups attached to an aromatic ring is 1. The van der Waals surface area contributed by atoms with Crippen LogP contribution in [0.3, 0.4) is 0 Å². The number of thiol groups is 1. The summed E-state index contributed by atoms with van der Waals surface area (Å²) < 4.78 is 0. The zero-order valence-corrected chi connectivity index (χ0v) is 9.60. The maximum atomic E-state index is 11.6. The normalized spacial score (nSPS) is 12.5. The summed E-state index contributed by atoms with van der Waals surface area (Å²) in [4.78, 5) is 11.9. The number of alkyl halides is 1. The van der Waals surface area contributed by atoms with E-state index in [-0.39, 0.29) is 10.6 Å². The van der Waals surface area contributed by atoms with Crippen molar-refractivity contribution in [1.82, 2.24) is 0 Å². The molecule has 1 unspecified atom stereocenters. The quantitative estimate of drug-likeness (QED) is 0.371. The lowest BCUT2D eigenvalue weighted by Gasteiger charge is -2.07. The molecule has 0 saturated carbocycles. The van der Waals surface area contributed by atoms with Gasteiger partial charge in [0, 0.05) is 16.1 Å². The minimum atomic E-state index is -0.208. The van der Waals surface area contributed by atoms with Gasteiger partial charge >= 0.3 is 0 Å². The SMILES string of the molecule is CC(Br)C(=O)c1cccc(N)c1S. The van der Waals surface area contributed by atoms with Gasteiger partial charge in [0.1, 0.15) is 0 Å². The number of rotatable bonds is 2. The number of carbonyl (C=O) groups is 1. The standard InChI is InChI=1S/C9H10BrNOS/c1-5(10)8(12)6-3-2-4-7(11)9(6)13/h2-5,13H,11H2,1H3. The van der Waals surface area contributed by atoms with E-state index in [9.17, 15) is 4.79 Å². The largest absolute Gasteiger partial charge is 0.398 e. The number of benzene rings is 1. The zero-order chi connectivity index (χ0) is 10.0. The fourth-order valence-electron chi connectivity index (χ4n) is 0.974. The van der Waals surface area contributed by atoms with E-state index in [1.54, 1.807) is 25.1 Å². The van der Waals surface area contributed by atoms with Crippen LogP contribution < -0.4 is 5.73 Å². The molecule has 1 rings (SSSR count). The van der Waals surface area contributed by atoms with E-state index in [1.807, 2.05) is 0 Å². The van der Waals surface area contributed by atoms with Crippen LogP contribution in [0.4, 0.5) is 5.69 Å². The molecule has 0 aliphatic heterocycles. The Morgan fingerprint density at radius 3 is 2.77 bits per heavy atom. The lowest BCUT2D eigenvalue weighted by atomic mass is 10.1. The van der Waals surface area contributed by atoms with Crippen LogP contribution in [-0.2, 0) is 0 Å². The number of hydrogen-bond donors (Lipinski definition) is 2. The molecule has 0 aromatic heterocycles. The Bertz CT molecular complexity index is 338. The maximum absolute atomic E-state index is 11.6. The Balaban J connectivity index is 3.15. The van der Waals surface area contributed by atoms with Crippen molar-refractivity contribution >= 4 is 40.0 Å². The van der Waals surface area contributed by atoms with Crippen molar-refractivity contribution in [2.24, 2.45) is 0 Å². The molecule has 70 valence electrons. The third-order valence-electron chi connectivity index (χ3n) is 1.69. The van der Waals surface area contributed by atoms with E-state index in [2.05, 4.69) is 28.6 Å². The van der Waals surface area contributed by atoms with Gasteiger partial charge in [0.2, 0.25) is 0 Å². The molecule has 0 aliphatic carbocycles. The first kappa shape index (κ1) is 10.6. The molecule has 0 heterocycles. The predicted molar refractivity (Wildman–Crippen MR) is 60.8 cm³/mol. The number of anilines is 1. The average molecular weight is 260 g/mol. The molecule has 2 N–H and O–H groups in total. The fraction of sp³-hybridized carbons (Fsp3) is 0.222. The topological polar surface area (TPSA) is 43.1 Å². The average Bonchev–Trinajstić information content (AvgIpc) is 2.08. The first-order chi connectivity index (χ1) is 6.04. The maximum Gasteiger partial charge on any atom is 0.177 e. The van der Waals surface area contributed by atoms with Crippen LogP contribution in [0.2, 0.25) is 0 Å². The number of carbonyl (C=O) groups excluding carboxylic acids is 1. The second-order valence-corrected chi connectivity index (χ2v) is 4.54. The Hall–Kier alpha value is -0.480. The summed E-state index contributed by atoms with van der Waals surface area (Å²) in [5.74, 6) is -0.00250. The molecule has 0 aliphatic rings. The molecular formula is C9H10BrNOS. The van der Waals surface area contributed by atoms with Crippen LogP contribution in [0, 0.1) is 0 Å². The molecule has 0 bridgehead atoms. The van der Waals surface area contributed by atoms with Crippen molar-refractivity contribution in [2.45, 2.75) is 16.6 Å². The summed E-state index contributed by atoms with van der Waals surface area (Å²) in [6.07, 6.45) is 0. The van der Waals surface area contributed by atoms with Gasteiger partial charge in [-0.15, -0.1) is 12.6 Å². The second-order valence-electron chi connectivity index (χ2n) is 2.72. The number of halogens is 1. The van der Waals surface area contributed by atoms with Gasteiger partial charge in [-0.05, 0) is 13.0 Å². The first-order valence-electron chi connectivity index (χ1n) is 3.79. The molecule has 1 atom stereocenters. The molecule has 2 nitrogen and oxygen atoms in total. The van der Waals surface area contributed by atoms with Crippen LogP contribution in [0.5, 0.6) is 0 Å². The smallest absolute Gasteiger partial charge is 0.177 e. The highest BCUT2D eigenvalue weighted by atomic mass is 79.9. The molecule has 0 radical (unpaired) electrons. The third-order valence-corrected chi connectivity index (χ3v) is 2.61. The molecule has 0 fully saturated rings. The van der Waals surface area contributed by atoms with Crippen LogP contribution in [0.15, 0.2) is 23.1 Å². The van der Waals surface area contributed by atoms with Crippen LogP contribution in [0.1, 0.15) is 17.3 Å². The predicted octanol–water partition coefficient (Wildman–Crippen LogP) is 2.52. The molecule has 13 heavy (non-hydrogen) atoms. The van der Waals surface area contributed by atoms with E-state index in [0.29, 0.717) is 16.1 Å². The third kappa shape index (κ3) is 2.25. The van der Waals surface area contributed by atoms with Crippen LogP contribution in [-0.4, -0.2) is 10.6 Å². The fourth-order valence-corrected chi connectivity index (χ4v) is 1.48. The van der Waals surface area contributed by atoms with E-state index in [1.165, 1.54) is 0 Å². The highest BCUT2D eigenvalue weighted by Crippen LogP contribution is 2.23. The number of Topliss-reactive ketones (excluding diaryl/α,β-unsaturated/α-hetero) is 1. The van der Waals surface area contributed by atoms with Gasteiger partial charge in [-0.1, -0.05) is 28.1 Å². The minimum absolute atomic E-state index is 0.00250. The number of nitrogens with two attached hydrogens (primary N) is 1. The van der Waals surface area contributed by atoms with Crippen LogP contribution >= 0.6 is 28.6 Å². The Morgan fingerprint density at radius 2 is 2.23 bits per heavy atom. The molecule has 0 saturated heterocycles. The Morgan fingerprint density at radius 1 is 1.62 bits per heavy atom. The monoisotopic (exact) mass is 259 g/mol. The summed E-state index contributed by atoms with van der Waals surface area (Å²) in [7, 11) is 0. The van der Waals surface area contributed by atoms with Gasteiger partial charge in [-0.2, -0.15) is 0 Å². The van der Waals surface area contributed by atoms with E-state index in [4.69, 9.17) is 5.73 Å². The Kier molecular flexibility index (Phi) is 3.39. The minimum Gasteiger partial charge on any atom is -0.398 e. The molecule has 4 heteroatoms. The summed E-state index contributed by atoms with van der Waals surface area (Å²) in [5.41, 5.74) is 6.71. The van der Waals surface area contributed by atoms with Gasteiger partial charge < -0.3 is 5.73 Å². The van der Waals surface area contributed by atoms with Gasteiger partial charge in [0.15, 0.2) is 5.78 Å². The second kappa shape index (κ2) is 4.15. The molecule has 1 aromatic rings. The van der Waals surface area contributed by atoms with Gasteiger partial charge in [0.25, 0.3) is 0 Å².